The van der Waals surface area contributed by atoms with Crippen LogP contribution < -0.4 is 4.74 Å². The number of halogens is 1. The van der Waals surface area contributed by atoms with Gasteiger partial charge in [0.25, 0.3) is 0 Å². The lowest BCUT2D eigenvalue weighted by molar-refractivity contribution is 0.0468. The van der Waals surface area contributed by atoms with Gasteiger partial charge in [-0.05, 0) is 27.6 Å². The molecule has 0 aliphatic rings. The van der Waals surface area contributed by atoms with Gasteiger partial charge in [0.1, 0.15) is 12.2 Å². The Balaban J connectivity index is 2.10. The van der Waals surface area contributed by atoms with Gasteiger partial charge in [0.15, 0.2) is 0 Å². The van der Waals surface area contributed by atoms with Gasteiger partial charge in [-0.2, -0.15) is 0 Å². The first kappa shape index (κ1) is 13.5. The summed E-state index contributed by atoms with van der Waals surface area (Å²) in [4.78, 5) is 16.0. The molecule has 0 bridgehead atoms. The van der Waals surface area contributed by atoms with Crippen LogP contribution in [0.15, 0.2) is 47.1 Å². The summed E-state index contributed by atoms with van der Waals surface area (Å²) in [6.45, 7) is 0.218. The van der Waals surface area contributed by atoms with Crippen LogP contribution in [0.5, 0.6) is 5.88 Å². The number of esters is 1. The number of hydrogen-bond donors (Lipinski definition) is 0. The quantitative estimate of drug-likeness (QED) is 0.811. The molecule has 0 radical (unpaired) electrons. The Bertz CT molecular complexity index is 572. The molecule has 1 aromatic carbocycles. The third-order valence-electron chi connectivity index (χ3n) is 2.44. The van der Waals surface area contributed by atoms with Gasteiger partial charge in [0.2, 0.25) is 5.88 Å². The van der Waals surface area contributed by atoms with Gasteiger partial charge in [-0.3, -0.25) is 0 Å². The summed E-state index contributed by atoms with van der Waals surface area (Å²) < 4.78 is 11.0. The van der Waals surface area contributed by atoms with Gasteiger partial charge >= 0.3 is 5.97 Å². The molecule has 0 amide bonds. The number of carbonyl (C=O) groups is 1. The molecule has 98 valence electrons. The van der Waals surface area contributed by atoms with E-state index in [1.807, 2.05) is 30.3 Å². The Morgan fingerprint density at radius 1 is 1.32 bits per heavy atom. The van der Waals surface area contributed by atoms with Crippen molar-refractivity contribution in [2.45, 2.75) is 6.61 Å². The third-order valence-corrected chi connectivity index (χ3v) is 2.88. The number of benzene rings is 1. The number of nitrogens with zero attached hydrogens (tertiary/aromatic N) is 1. The molecule has 0 aliphatic heterocycles. The van der Waals surface area contributed by atoms with Crippen LogP contribution in [-0.4, -0.2) is 18.1 Å². The van der Waals surface area contributed by atoms with E-state index in [4.69, 9.17) is 9.47 Å². The Hall–Kier alpha value is -1.88. The number of aromatic nitrogens is 1. The number of carbonyl (C=O) groups excluding carboxylic acids is 1. The maximum absolute atomic E-state index is 12.0. The Labute approximate surface area is 119 Å². The smallest absolute Gasteiger partial charge is 0.344 e. The molecule has 5 heteroatoms. The Morgan fingerprint density at radius 3 is 2.74 bits per heavy atom. The molecule has 1 heterocycles. The predicted octanol–water partition coefficient (Wildman–Crippen LogP) is 3.21. The monoisotopic (exact) mass is 321 g/mol. The van der Waals surface area contributed by atoms with E-state index < -0.39 is 5.97 Å². The first-order valence-electron chi connectivity index (χ1n) is 5.61. The van der Waals surface area contributed by atoms with Crippen LogP contribution >= 0.6 is 15.9 Å². The average molecular weight is 322 g/mol. The van der Waals surface area contributed by atoms with Crippen LogP contribution in [0.3, 0.4) is 0 Å². The minimum Gasteiger partial charge on any atom is -0.480 e. The zero-order valence-corrected chi connectivity index (χ0v) is 11.9. The van der Waals surface area contributed by atoms with Gasteiger partial charge in [-0.1, -0.05) is 30.3 Å². The van der Waals surface area contributed by atoms with Gasteiger partial charge in [-0.25, -0.2) is 9.78 Å². The van der Waals surface area contributed by atoms with Gasteiger partial charge in [-0.15, -0.1) is 0 Å². The van der Waals surface area contributed by atoms with Crippen molar-refractivity contribution < 1.29 is 14.3 Å². The molecule has 1 aromatic heterocycles. The maximum Gasteiger partial charge on any atom is 0.344 e. The van der Waals surface area contributed by atoms with E-state index in [0.29, 0.717) is 10.0 Å². The molecule has 0 saturated heterocycles. The summed E-state index contributed by atoms with van der Waals surface area (Å²) in [6, 6.07) is 11.1. The molecule has 0 spiro atoms. The number of methoxy groups -OCH3 is 1. The molecule has 0 fully saturated rings. The molecule has 0 N–H and O–H groups in total. The summed E-state index contributed by atoms with van der Waals surface area (Å²) in [5.74, 6) is -0.212. The van der Waals surface area contributed by atoms with Crippen molar-refractivity contribution in [2.24, 2.45) is 0 Å². The lowest BCUT2D eigenvalue weighted by Crippen LogP contribution is -2.08. The van der Waals surface area contributed by atoms with Crippen LogP contribution in [0, 0.1) is 0 Å². The molecule has 2 rings (SSSR count). The largest absolute Gasteiger partial charge is 0.480 e. The summed E-state index contributed by atoms with van der Waals surface area (Å²) in [5, 5.41) is 0. The minimum atomic E-state index is -0.463. The summed E-state index contributed by atoms with van der Waals surface area (Å²) in [7, 11) is 1.46. The average Bonchev–Trinajstić information content (AvgIpc) is 2.46. The van der Waals surface area contributed by atoms with Gasteiger partial charge in [0, 0.05) is 10.7 Å². The van der Waals surface area contributed by atoms with E-state index in [1.165, 1.54) is 7.11 Å². The van der Waals surface area contributed by atoms with E-state index in [-0.39, 0.29) is 12.5 Å². The van der Waals surface area contributed by atoms with E-state index >= 15 is 0 Å². The number of ether oxygens (including phenoxy) is 2. The highest BCUT2D eigenvalue weighted by Gasteiger charge is 2.15. The normalized spacial score (nSPS) is 10.0. The molecule has 19 heavy (non-hydrogen) atoms. The molecule has 0 saturated carbocycles. The zero-order chi connectivity index (χ0) is 13.7. The Kier molecular flexibility index (Phi) is 4.52. The van der Waals surface area contributed by atoms with Crippen LogP contribution in [0.2, 0.25) is 0 Å². The van der Waals surface area contributed by atoms with Crippen molar-refractivity contribution in [1.82, 2.24) is 4.98 Å². The fourth-order valence-corrected chi connectivity index (χ4v) is 1.87. The zero-order valence-electron chi connectivity index (χ0n) is 10.3. The molecule has 0 aliphatic carbocycles. The first-order chi connectivity index (χ1) is 9.20. The van der Waals surface area contributed by atoms with Crippen molar-refractivity contribution in [3.63, 3.8) is 0 Å². The van der Waals surface area contributed by atoms with Crippen molar-refractivity contribution in [2.75, 3.05) is 7.11 Å². The maximum atomic E-state index is 12.0. The SMILES string of the molecule is COc1ncc(Br)cc1C(=O)OCc1ccccc1. The van der Waals surface area contributed by atoms with Gasteiger partial charge in [0.05, 0.1) is 7.11 Å². The highest BCUT2D eigenvalue weighted by atomic mass is 79.9. The van der Waals surface area contributed by atoms with Crippen molar-refractivity contribution in [3.8, 4) is 5.88 Å². The topological polar surface area (TPSA) is 48.4 Å². The molecule has 0 atom stereocenters. The molecule has 2 aromatic rings. The highest BCUT2D eigenvalue weighted by molar-refractivity contribution is 9.10. The second kappa shape index (κ2) is 6.33. The summed E-state index contributed by atoms with van der Waals surface area (Å²) in [6.07, 6.45) is 1.56. The van der Waals surface area contributed by atoms with E-state index in [0.717, 1.165) is 5.56 Å². The molecular formula is C14H12BrNO3. The van der Waals surface area contributed by atoms with Crippen molar-refractivity contribution in [1.29, 1.82) is 0 Å². The third kappa shape index (κ3) is 3.54. The highest BCUT2D eigenvalue weighted by Crippen LogP contribution is 2.21. The fraction of sp³-hybridized carbons (Fsp3) is 0.143. The van der Waals surface area contributed by atoms with Crippen LogP contribution in [0.25, 0.3) is 0 Å². The molecule has 0 unspecified atom stereocenters. The standard InChI is InChI=1S/C14H12BrNO3/c1-18-13-12(7-11(15)8-16-13)14(17)19-9-10-5-3-2-4-6-10/h2-8H,9H2,1H3. The van der Waals surface area contributed by atoms with Crippen molar-refractivity contribution in [3.05, 3.63) is 58.2 Å². The van der Waals surface area contributed by atoms with Crippen LogP contribution in [0.1, 0.15) is 15.9 Å². The van der Waals surface area contributed by atoms with Gasteiger partial charge < -0.3 is 9.47 Å². The van der Waals surface area contributed by atoms with E-state index in [9.17, 15) is 4.79 Å². The van der Waals surface area contributed by atoms with Crippen molar-refractivity contribution >= 4 is 21.9 Å². The fourth-order valence-electron chi connectivity index (χ4n) is 1.54. The van der Waals surface area contributed by atoms with Crippen LogP contribution in [-0.2, 0) is 11.3 Å². The van der Waals surface area contributed by atoms with E-state index in [2.05, 4.69) is 20.9 Å². The van der Waals surface area contributed by atoms with Crippen LogP contribution in [0.4, 0.5) is 0 Å². The molecule has 4 nitrogen and oxygen atoms in total. The summed E-state index contributed by atoms with van der Waals surface area (Å²) >= 11 is 3.26. The van der Waals surface area contributed by atoms with E-state index in [1.54, 1.807) is 12.3 Å². The minimum absolute atomic E-state index is 0.218. The Morgan fingerprint density at radius 2 is 2.05 bits per heavy atom. The molecular weight excluding hydrogens is 310 g/mol. The second-order valence-electron chi connectivity index (χ2n) is 3.77. The number of rotatable bonds is 4. The number of hydrogen-bond acceptors (Lipinski definition) is 4. The lowest BCUT2D eigenvalue weighted by atomic mass is 10.2. The lowest BCUT2D eigenvalue weighted by Gasteiger charge is -2.08. The second-order valence-corrected chi connectivity index (χ2v) is 4.69. The summed E-state index contributed by atoms with van der Waals surface area (Å²) in [5.41, 5.74) is 1.23. The number of pyridine rings is 1. The first-order valence-corrected chi connectivity index (χ1v) is 6.40. The predicted molar refractivity (Wildman–Crippen MR) is 74.1 cm³/mol.